The van der Waals surface area contributed by atoms with Crippen LogP contribution in [0.1, 0.15) is 22.8 Å². The molecule has 4 rings (SSSR count). The molecule has 10 heteroatoms. The molecule has 0 bridgehead atoms. The number of ether oxygens (including phenoxy) is 1. The van der Waals surface area contributed by atoms with Gasteiger partial charge in [-0.25, -0.2) is 4.79 Å². The Morgan fingerprint density at radius 2 is 1.91 bits per heavy atom. The van der Waals surface area contributed by atoms with Gasteiger partial charge in [0.1, 0.15) is 0 Å². The first-order valence-corrected chi connectivity index (χ1v) is 13.3. The molecule has 1 aliphatic rings. The smallest absolute Gasteiger partial charge is 0.335 e. The largest absolute Gasteiger partial charge is 0.478 e. The van der Waals surface area contributed by atoms with Crippen LogP contribution < -0.4 is 0 Å². The molecule has 1 aliphatic heterocycles. The standard InChI is InChI=1S/C25H24Cl2N2O4S2/c1-16(30)29(35-24-9-8-23(34-24)18-3-5-19(6-4-18)25(31)32)15-20-14-28(10-11-33-20)13-17-2-7-21(26)22(27)12-17/h2-9,12,20H,10-11,13-15H2,1H3,(H,31,32)/t20-/m0/s1. The van der Waals surface area contributed by atoms with Gasteiger partial charge in [0.25, 0.3) is 0 Å². The van der Waals surface area contributed by atoms with Gasteiger partial charge in [-0.2, -0.15) is 0 Å². The number of rotatable bonds is 8. The van der Waals surface area contributed by atoms with E-state index in [-0.39, 0.29) is 17.6 Å². The Labute approximate surface area is 222 Å². The molecule has 184 valence electrons. The van der Waals surface area contributed by atoms with Crippen LogP contribution in [0.5, 0.6) is 0 Å². The molecule has 1 saturated heterocycles. The summed E-state index contributed by atoms with van der Waals surface area (Å²) in [5, 5.41) is 10.2. The average Bonchev–Trinajstić information content (AvgIpc) is 3.30. The molecule has 1 amide bonds. The number of morpholine rings is 1. The van der Waals surface area contributed by atoms with E-state index in [4.69, 9.17) is 33.0 Å². The molecule has 1 atom stereocenters. The number of nitrogens with zero attached hydrogens (tertiary/aromatic N) is 2. The second kappa shape index (κ2) is 11.8. The zero-order valence-corrected chi connectivity index (χ0v) is 22.1. The molecule has 0 aliphatic carbocycles. The lowest BCUT2D eigenvalue weighted by Crippen LogP contribution is -2.46. The summed E-state index contributed by atoms with van der Waals surface area (Å²) in [5.74, 6) is -0.988. The summed E-state index contributed by atoms with van der Waals surface area (Å²) in [4.78, 5) is 26.8. The highest BCUT2D eigenvalue weighted by Gasteiger charge is 2.25. The summed E-state index contributed by atoms with van der Waals surface area (Å²) < 4.78 is 8.68. The SMILES string of the molecule is CC(=O)N(C[C@@H]1CN(Cc2ccc(Cl)c(Cl)c2)CCO1)Sc1ccc(-c2ccc(C(=O)O)cc2)s1. The Morgan fingerprint density at radius 3 is 2.60 bits per heavy atom. The molecule has 1 N–H and O–H groups in total. The zero-order chi connectivity index (χ0) is 24.9. The fourth-order valence-corrected chi connectivity index (χ4v) is 6.22. The van der Waals surface area contributed by atoms with Gasteiger partial charge in [-0.05, 0) is 47.5 Å². The van der Waals surface area contributed by atoms with Crippen molar-refractivity contribution in [2.24, 2.45) is 0 Å². The molecule has 1 fully saturated rings. The summed E-state index contributed by atoms with van der Waals surface area (Å²) in [6, 6.07) is 16.4. The van der Waals surface area contributed by atoms with Crippen molar-refractivity contribution in [3.8, 4) is 10.4 Å². The van der Waals surface area contributed by atoms with Gasteiger partial charge in [-0.15, -0.1) is 11.3 Å². The van der Waals surface area contributed by atoms with E-state index >= 15 is 0 Å². The van der Waals surface area contributed by atoms with E-state index in [2.05, 4.69) is 4.90 Å². The first-order chi connectivity index (χ1) is 16.8. The molecule has 2 aromatic carbocycles. The molecule has 0 saturated carbocycles. The van der Waals surface area contributed by atoms with Crippen molar-refractivity contribution >= 4 is 58.4 Å². The lowest BCUT2D eigenvalue weighted by atomic mass is 10.1. The predicted molar refractivity (Wildman–Crippen MR) is 141 cm³/mol. The summed E-state index contributed by atoms with van der Waals surface area (Å²) >= 11 is 15.1. The average molecular weight is 552 g/mol. The summed E-state index contributed by atoms with van der Waals surface area (Å²) in [6.45, 7) is 4.87. The molecular weight excluding hydrogens is 527 g/mol. The van der Waals surface area contributed by atoms with E-state index < -0.39 is 5.97 Å². The fraction of sp³-hybridized carbons (Fsp3) is 0.280. The monoisotopic (exact) mass is 550 g/mol. The Kier molecular flexibility index (Phi) is 8.75. The maximum atomic E-state index is 12.4. The highest BCUT2D eigenvalue weighted by Crippen LogP contribution is 2.36. The van der Waals surface area contributed by atoms with Crippen molar-refractivity contribution < 1.29 is 19.4 Å². The van der Waals surface area contributed by atoms with Gasteiger partial charge in [-0.1, -0.05) is 41.4 Å². The van der Waals surface area contributed by atoms with E-state index in [0.717, 1.165) is 33.3 Å². The molecule has 35 heavy (non-hydrogen) atoms. The third-order valence-corrected chi connectivity index (χ3v) is 8.62. The maximum absolute atomic E-state index is 12.4. The first kappa shape index (κ1) is 26.0. The van der Waals surface area contributed by atoms with Crippen molar-refractivity contribution in [1.29, 1.82) is 0 Å². The highest BCUT2D eigenvalue weighted by atomic mass is 35.5. The molecule has 2 heterocycles. The minimum Gasteiger partial charge on any atom is -0.478 e. The molecule has 0 radical (unpaired) electrons. The Hall–Kier alpha value is -2.07. The molecular formula is C25H24Cl2N2O4S2. The van der Waals surface area contributed by atoms with Gasteiger partial charge >= 0.3 is 5.97 Å². The molecule has 6 nitrogen and oxygen atoms in total. The minimum absolute atomic E-state index is 0.0408. The van der Waals surface area contributed by atoms with Crippen molar-refractivity contribution in [2.75, 3.05) is 26.2 Å². The Bertz CT molecular complexity index is 1200. The Balaban J connectivity index is 1.37. The predicted octanol–water partition coefficient (Wildman–Crippen LogP) is 6.18. The van der Waals surface area contributed by atoms with Gasteiger partial charge in [0.15, 0.2) is 0 Å². The van der Waals surface area contributed by atoms with Gasteiger partial charge < -0.3 is 9.84 Å². The lowest BCUT2D eigenvalue weighted by Gasteiger charge is -2.35. The number of amides is 1. The molecule has 1 aromatic heterocycles. The van der Waals surface area contributed by atoms with Crippen LogP contribution in [0.25, 0.3) is 10.4 Å². The van der Waals surface area contributed by atoms with Crippen molar-refractivity contribution in [1.82, 2.24) is 9.21 Å². The van der Waals surface area contributed by atoms with E-state index in [1.807, 2.05) is 24.3 Å². The zero-order valence-electron chi connectivity index (χ0n) is 18.9. The number of benzene rings is 2. The summed E-state index contributed by atoms with van der Waals surface area (Å²) in [6.07, 6.45) is -0.106. The number of hydrogen-bond acceptors (Lipinski definition) is 6. The van der Waals surface area contributed by atoms with Crippen LogP contribution in [0, 0.1) is 0 Å². The molecule has 0 unspecified atom stereocenters. The van der Waals surface area contributed by atoms with Crippen molar-refractivity contribution in [2.45, 2.75) is 23.8 Å². The quantitative estimate of drug-likeness (QED) is 0.338. The van der Waals surface area contributed by atoms with Crippen LogP contribution in [0.4, 0.5) is 0 Å². The number of halogens is 2. The lowest BCUT2D eigenvalue weighted by molar-refractivity contribution is -0.126. The number of carboxylic acids is 1. The van der Waals surface area contributed by atoms with E-state index in [0.29, 0.717) is 29.7 Å². The number of carbonyl (C=O) groups excluding carboxylic acids is 1. The Morgan fingerprint density at radius 1 is 1.14 bits per heavy atom. The van der Waals surface area contributed by atoms with Gasteiger partial charge in [0.2, 0.25) is 5.91 Å². The van der Waals surface area contributed by atoms with Crippen LogP contribution >= 0.6 is 46.5 Å². The van der Waals surface area contributed by atoms with Gasteiger partial charge in [0, 0.05) is 43.4 Å². The topological polar surface area (TPSA) is 70.1 Å². The van der Waals surface area contributed by atoms with Crippen molar-refractivity contribution in [3.05, 3.63) is 75.8 Å². The highest BCUT2D eigenvalue weighted by molar-refractivity contribution is 7.99. The number of carboxylic acid groups (broad SMARTS) is 1. The number of thiophene rings is 1. The van der Waals surface area contributed by atoms with E-state index in [1.54, 1.807) is 52.9 Å². The second-order valence-corrected chi connectivity index (χ2v) is 11.4. The summed E-state index contributed by atoms with van der Waals surface area (Å²) in [5.41, 5.74) is 2.28. The van der Waals surface area contributed by atoms with Crippen LogP contribution in [0.3, 0.4) is 0 Å². The first-order valence-electron chi connectivity index (χ1n) is 11.0. The van der Waals surface area contributed by atoms with Crippen molar-refractivity contribution in [3.63, 3.8) is 0 Å². The maximum Gasteiger partial charge on any atom is 0.335 e. The number of hydrogen-bond donors (Lipinski definition) is 1. The number of carbonyl (C=O) groups is 2. The second-order valence-electron chi connectivity index (χ2n) is 8.15. The molecule has 0 spiro atoms. The van der Waals surface area contributed by atoms with Crippen LogP contribution in [0.2, 0.25) is 10.0 Å². The van der Waals surface area contributed by atoms with Gasteiger partial charge in [-0.3, -0.25) is 14.0 Å². The van der Waals surface area contributed by atoms with Crippen LogP contribution in [-0.2, 0) is 16.1 Å². The van der Waals surface area contributed by atoms with Crippen LogP contribution in [0.15, 0.2) is 58.8 Å². The summed E-state index contributed by atoms with van der Waals surface area (Å²) in [7, 11) is 0. The minimum atomic E-state index is -0.948. The van der Waals surface area contributed by atoms with Gasteiger partial charge in [0.05, 0.1) is 39.1 Å². The third kappa shape index (κ3) is 7.00. The normalized spacial score (nSPS) is 16.3. The third-order valence-electron chi connectivity index (χ3n) is 5.53. The fourth-order valence-electron chi connectivity index (χ4n) is 3.76. The molecule has 3 aromatic rings. The number of aromatic carboxylic acids is 1. The van der Waals surface area contributed by atoms with E-state index in [1.165, 1.54) is 11.9 Å². The van der Waals surface area contributed by atoms with Crippen LogP contribution in [-0.4, -0.2) is 58.5 Å². The van der Waals surface area contributed by atoms with E-state index in [9.17, 15) is 9.59 Å².